The number of methoxy groups -OCH3 is 1. The van der Waals surface area contributed by atoms with Gasteiger partial charge in [0.15, 0.2) is 0 Å². The molecule has 0 unspecified atom stereocenters. The molecule has 8 heteroatoms. The van der Waals surface area contributed by atoms with Crippen molar-refractivity contribution in [1.82, 2.24) is 9.62 Å². The second-order valence-corrected chi connectivity index (χ2v) is 7.98. The van der Waals surface area contributed by atoms with Crippen molar-refractivity contribution in [3.05, 3.63) is 52.2 Å². The van der Waals surface area contributed by atoms with Gasteiger partial charge in [-0.05, 0) is 35.7 Å². The first kappa shape index (κ1) is 18.6. The van der Waals surface area contributed by atoms with Crippen LogP contribution in [0.15, 0.2) is 46.7 Å². The maximum atomic E-state index is 12.9. The molecule has 0 saturated carbocycles. The summed E-state index contributed by atoms with van der Waals surface area (Å²) in [6.45, 7) is 0.857. The molecule has 0 spiro atoms. The van der Waals surface area contributed by atoms with Gasteiger partial charge in [-0.1, -0.05) is 6.07 Å². The Morgan fingerprint density at radius 2 is 1.96 bits per heavy atom. The van der Waals surface area contributed by atoms with E-state index < -0.39 is 10.0 Å². The summed E-state index contributed by atoms with van der Waals surface area (Å²) in [6, 6.07) is 9.70. The lowest BCUT2D eigenvalue weighted by molar-refractivity contribution is 0.0963. The predicted octanol–water partition coefficient (Wildman–Crippen LogP) is 1.95. The molecule has 1 N–H and O–H groups in total. The number of carbonyl (C=O) groups is 1. The number of nitrogens with one attached hydrogen (secondary N) is 1. The molecule has 0 bridgehead atoms. The highest BCUT2D eigenvalue weighted by Crippen LogP contribution is 2.21. The number of carbonyl (C=O) groups excluding carboxylic acids is 1. The Hall–Kier alpha value is -1.74. The quantitative estimate of drug-likeness (QED) is 0.773. The Kier molecular flexibility index (Phi) is 6.50. The van der Waals surface area contributed by atoms with Crippen LogP contribution in [0.3, 0.4) is 0 Å². The van der Waals surface area contributed by atoms with E-state index >= 15 is 0 Å². The van der Waals surface area contributed by atoms with Crippen LogP contribution in [0.4, 0.5) is 0 Å². The van der Waals surface area contributed by atoms with Crippen LogP contribution in [0.1, 0.15) is 15.2 Å². The minimum absolute atomic E-state index is 0.155. The molecule has 0 saturated heterocycles. The topological polar surface area (TPSA) is 75.7 Å². The lowest BCUT2D eigenvalue weighted by Gasteiger charge is -2.21. The summed E-state index contributed by atoms with van der Waals surface area (Å²) in [4.78, 5) is 12.7. The van der Waals surface area contributed by atoms with Gasteiger partial charge in [0.25, 0.3) is 5.91 Å². The second-order valence-electron chi connectivity index (χ2n) is 5.01. The Morgan fingerprint density at radius 3 is 2.50 bits per heavy atom. The number of hydrogen-bond acceptors (Lipinski definition) is 5. The standard InChI is InChI=1S/C16H20N2O4S2/c1-17-16(19)13-5-7-15(8-6-13)24(20,21)18(9-10-22-2)12-14-4-3-11-23-14/h3-8,11H,9-10,12H2,1-2H3,(H,17,19). The molecular weight excluding hydrogens is 348 g/mol. The Morgan fingerprint density at radius 1 is 1.25 bits per heavy atom. The minimum atomic E-state index is -3.67. The third-order valence-corrected chi connectivity index (χ3v) is 6.16. The highest BCUT2D eigenvalue weighted by Gasteiger charge is 2.25. The van der Waals surface area contributed by atoms with Crippen LogP contribution in [0, 0.1) is 0 Å². The minimum Gasteiger partial charge on any atom is -0.383 e. The third kappa shape index (κ3) is 4.41. The van der Waals surface area contributed by atoms with E-state index in [4.69, 9.17) is 4.74 Å². The Bertz CT molecular complexity index is 756. The molecule has 0 aliphatic carbocycles. The predicted molar refractivity (Wildman–Crippen MR) is 93.6 cm³/mol. The van der Waals surface area contributed by atoms with Crippen molar-refractivity contribution < 1.29 is 17.9 Å². The van der Waals surface area contributed by atoms with E-state index in [1.54, 1.807) is 0 Å². The van der Waals surface area contributed by atoms with E-state index in [0.717, 1.165) is 4.88 Å². The molecule has 1 amide bonds. The molecule has 2 aromatic rings. The molecule has 0 aliphatic rings. The molecule has 0 fully saturated rings. The number of nitrogens with zero attached hydrogens (tertiary/aromatic N) is 1. The van der Waals surface area contributed by atoms with Crippen molar-refractivity contribution in [2.45, 2.75) is 11.4 Å². The fourth-order valence-electron chi connectivity index (χ4n) is 2.13. The number of sulfonamides is 1. The number of hydrogen-bond donors (Lipinski definition) is 1. The average molecular weight is 368 g/mol. The molecule has 2 rings (SSSR count). The summed E-state index contributed by atoms with van der Waals surface area (Å²) in [7, 11) is -0.606. The van der Waals surface area contributed by atoms with Gasteiger partial charge in [0.1, 0.15) is 0 Å². The number of amides is 1. The fraction of sp³-hybridized carbons (Fsp3) is 0.312. The van der Waals surface area contributed by atoms with Gasteiger partial charge in [-0.15, -0.1) is 11.3 Å². The van der Waals surface area contributed by atoms with Crippen LogP contribution in [0.5, 0.6) is 0 Å². The van der Waals surface area contributed by atoms with Gasteiger partial charge >= 0.3 is 0 Å². The molecular formula is C16H20N2O4S2. The lowest BCUT2D eigenvalue weighted by atomic mass is 10.2. The van der Waals surface area contributed by atoms with Gasteiger partial charge in [-0.3, -0.25) is 4.79 Å². The molecule has 130 valence electrons. The highest BCUT2D eigenvalue weighted by molar-refractivity contribution is 7.89. The fourth-order valence-corrected chi connectivity index (χ4v) is 4.33. The van der Waals surface area contributed by atoms with Crippen molar-refractivity contribution in [2.75, 3.05) is 27.3 Å². The first-order chi connectivity index (χ1) is 11.5. The Balaban J connectivity index is 2.27. The van der Waals surface area contributed by atoms with E-state index in [2.05, 4.69) is 5.32 Å². The molecule has 0 atom stereocenters. The van der Waals surface area contributed by atoms with Crippen LogP contribution in [0.2, 0.25) is 0 Å². The van der Waals surface area contributed by atoms with Crippen LogP contribution in [-0.2, 0) is 21.3 Å². The summed E-state index contributed by atoms with van der Waals surface area (Å²) in [6.07, 6.45) is 0. The zero-order chi connectivity index (χ0) is 17.6. The van der Waals surface area contributed by atoms with Crippen molar-refractivity contribution in [2.24, 2.45) is 0 Å². The van der Waals surface area contributed by atoms with E-state index in [9.17, 15) is 13.2 Å². The first-order valence-corrected chi connectivity index (χ1v) is 9.64. The summed E-state index contributed by atoms with van der Waals surface area (Å²) in [5.41, 5.74) is 0.415. The Labute approximate surface area is 146 Å². The van der Waals surface area contributed by atoms with Gasteiger partial charge < -0.3 is 10.1 Å². The molecule has 0 aliphatic heterocycles. The van der Waals surface area contributed by atoms with Crippen LogP contribution in [-0.4, -0.2) is 45.9 Å². The summed E-state index contributed by atoms with van der Waals surface area (Å²) >= 11 is 1.51. The smallest absolute Gasteiger partial charge is 0.251 e. The normalized spacial score (nSPS) is 11.6. The average Bonchev–Trinajstić information content (AvgIpc) is 3.11. The summed E-state index contributed by atoms with van der Waals surface area (Å²) < 4.78 is 32.2. The molecule has 1 aromatic heterocycles. The van der Waals surface area contributed by atoms with Gasteiger partial charge in [0.05, 0.1) is 11.5 Å². The largest absolute Gasteiger partial charge is 0.383 e. The van der Waals surface area contributed by atoms with Crippen LogP contribution in [0.25, 0.3) is 0 Å². The molecule has 1 heterocycles. The number of rotatable bonds is 8. The van der Waals surface area contributed by atoms with E-state index in [1.807, 2.05) is 17.5 Å². The summed E-state index contributed by atoms with van der Waals surface area (Å²) in [5, 5.41) is 4.42. The van der Waals surface area contributed by atoms with E-state index in [1.165, 1.54) is 54.1 Å². The third-order valence-electron chi connectivity index (χ3n) is 3.44. The van der Waals surface area contributed by atoms with Gasteiger partial charge in [0, 0.05) is 37.7 Å². The van der Waals surface area contributed by atoms with Gasteiger partial charge in [0.2, 0.25) is 10.0 Å². The van der Waals surface area contributed by atoms with E-state index in [-0.39, 0.29) is 17.3 Å². The molecule has 1 aromatic carbocycles. The summed E-state index contributed by atoms with van der Waals surface area (Å²) in [5.74, 6) is -0.256. The first-order valence-electron chi connectivity index (χ1n) is 7.32. The number of benzene rings is 1. The molecule has 6 nitrogen and oxygen atoms in total. The highest BCUT2D eigenvalue weighted by atomic mass is 32.2. The lowest BCUT2D eigenvalue weighted by Crippen LogP contribution is -2.33. The maximum Gasteiger partial charge on any atom is 0.251 e. The number of ether oxygens (including phenoxy) is 1. The number of thiophene rings is 1. The van der Waals surface area contributed by atoms with E-state index in [0.29, 0.717) is 18.7 Å². The van der Waals surface area contributed by atoms with Crippen molar-refractivity contribution in [3.63, 3.8) is 0 Å². The second kappa shape index (κ2) is 8.39. The molecule has 24 heavy (non-hydrogen) atoms. The zero-order valence-corrected chi connectivity index (χ0v) is 15.2. The monoisotopic (exact) mass is 368 g/mol. The SMILES string of the molecule is CNC(=O)c1ccc(S(=O)(=O)N(CCOC)Cc2cccs2)cc1. The van der Waals surface area contributed by atoms with Crippen LogP contribution >= 0.6 is 11.3 Å². The van der Waals surface area contributed by atoms with Gasteiger partial charge in [-0.2, -0.15) is 4.31 Å². The molecule has 0 radical (unpaired) electrons. The zero-order valence-electron chi connectivity index (χ0n) is 13.6. The van der Waals surface area contributed by atoms with Crippen molar-refractivity contribution in [3.8, 4) is 0 Å². The van der Waals surface area contributed by atoms with Crippen LogP contribution < -0.4 is 5.32 Å². The van der Waals surface area contributed by atoms with Gasteiger partial charge in [-0.25, -0.2) is 8.42 Å². The van der Waals surface area contributed by atoms with Crippen molar-refractivity contribution >= 4 is 27.3 Å². The van der Waals surface area contributed by atoms with Crippen molar-refractivity contribution in [1.29, 1.82) is 0 Å². The maximum absolute atomic E-state index is 12.9.